The number of hydrogen-bond acceptors (Lipinski definition) is 3. The van der Waals surface area contributed by atoms with E-state index in [1.54, 1.807) is 24.0 Å². The number of urea groups is 1. The highest BCUT2D eigenvalue weighted by Gasteiger charge is 2.33. The number of benzene rings is 1. The van der Waals surface area contributed by atoms with Crippen molar-refractivity contribution in [2.45, 2.75) is 13.0 Å². The maximum atomic E-state index is 12.2. The summed E-state index contributed by atoms with van der Waals surface area (Å²) in [6.07, 6.45) is 0.125. The van der Waals surface area contributed by atoms with Gasteiger partial charge in [-0.15, -0.1) is 0 Å². The van der Waals surface area contributed by atoms with Gasteiger partial charge in [-0.1, -0.05) is 18.2 Å². The molecule has 1 aliphatic heterocycles. The third-order valence-corrected chi connectivity index (χ3v) is 3.62. The Kier molecular flexibility index (Phi) is 4.67. The number of carbonyl (C=O) groups excluding carboxylic acids is 1. The number of aliphatic carboxylic acids is 1. The molecule has 2 amide bonds. The molecular weight excluding hydrogens is 272 g/mol. The minimum absolute atomic E-state index is 0.0751. The highest BCUT2D eigenvalue weighted by Crippen LogP contribution is 2.23. The molecule has 0 aliphatic carbocycles. The van der Waals surface area contributed by atoms with E-state index in [0.717, 1.165) is 11.3 Å². The molecular formula is C15H20N2O4. The molecule has 0 saturated carbocycles. The third kappa shape index (κ3) is 3.65. The first-order valence-electron chi connectivity index (χ1n) is 6.85. The highest BCUT2D eigenvalue weighted by molar-refractivity contribution is 5.75. The molecule has 1 aromatic carbocycles. The van der Waals surface area contributed by atoms with Crippen LogP contribution in [0.5, 0.6) is 5.75 Å². The van der Waals surface area contributed by atoms with Crippen LogP contribution in [0, 0.1) is 5.92 Å². The Hall–Kier alpha value is -2.24. The molecule has 21 heavy (non-hydrogen) atoms. The zero-order valence-corrected chi connectivity index (χ0v) is 12.3. The predicted octanol–water partition coefficient (Wildman–Crippen LogP) is 1.65. The number of rotatable bonds is 5. The average molecular weight is 292 g/mol. The summed E-state index contributed by atoms with van der Waals surface area (Å²) in [7, 11) is 3.34. The zero-order valence-electron chi connectivity index (χ0n) is 12.3. The van der Waals surface area contributed by atoms with Gasteiger partial charge in [-0.2, -0.15) is 0 Å². The van der Waals surface area contributed by atoms with Crippen molar-refractivity contribution >= 4 is 12.0 Å². The molecule has 0 aromatic heterocycles. The molecule has 1 fully saturated rings. The topological polar surface area (TPSA) is 70.1 Å². The molecule has 6 nitrogen and oxygen atoms in total. The first-order valence-corrected chi connectivity index (χ1v) is 6.85. The Bertz CT molecular complexity index is 526. The Morgan fingerprint density at radius 3 is 2.67 bits per heavy atom. The van der Waals surface area contributed by atoms with Crippen LogP contribution in [0.15, 0.2) is 24.3 Å². The second-order valence-electron chi connectivity index (χ2n) is 5.32. The minimum atomic E-state index is -0.811. The second-order valence-corrected chi connectivity index (χ2v) is 5.32. The number of para-hydroxylation sites is 1. The van der Waals surface area contributed by atoms with E-state index < -0.39 is 5.97 Å². The number of ether oxygens (including phenoxy) is 1. The third-order valence-electron chi connectivity index (χ3n) is 3.62. The number of amides is 2. The molecule has 1 heterocycles. The van der Waals surface area contributed by atoms with Gasteiger partial charge in [0.1, 0.15) is 5.75 Å². The van der Waals surface area contributed by atoms with Crippen LogP contribution in [0.1, 0.15) is 12.0 Å². The van der Waals surface area contributed by atoms with E-state index >= 15 is 0 Å². The molecule has 1 saturated heterocycles. The van der Waals surface area contributed by atoms with Crippen LogP contribution in [0.2, 0.25) is 0 Å². The van der Waals surface area contributed by atoms with Crippen molar-refractivity contribution in [3.8, 4) is 5.75 Å². The van der Waals surface area contributed by atoms with Crippen molar-refractivity contribution in [2.75, 3.05) is 27.2 Å². The van der Waals surface area contributed by atoms with E-state index in [4.69, 9.17) is 9.84 Å². The van der Waals surface area contributed by atoms with Crippen molar-refractivity contribution in [3.63, 3.8) is 0 Å². The van der Waals surface area contributed by atoms with Gasteiger partial charge in [-0.05, 0) is 6.07 Å². The quantitative estimate of drug-likeness (QED) is 0.896. The normalized spacial score (nSPS) is 14.5. The fraction of sp³-hybridized carbons (Fsp3) is 0.467. The second kappa shape index (κ2) is 6.47. The van der Waals surface area contributed by atoms with Crippen molar-refractivity contribution in [2.24, 2.45) is 5.92 Å². The maximum absolute atomic E-state index is 12.2. The molecule has 0 radical (unpaired) electrons. The van der Waals surface area contributed by atoms with Crippen LogP contribution in [-0.4, -0.2) is 54.2 Å². The van der Waals surface area contributed by atoms with Crippen LogP contribution in [0.3, 0.4) is 0 Å². The van der Waals surface area contributed by atoms with Gasteiger partial charge < -0.3 is 19.6 Å². The number of carbonyl (C=O) groups is 2. The van der Waals surface area contributed by atoms with E-state index in [9.17, 15) is 9.59 Å². The number of carboxylic acids is 1. The van der Waals surface area contributed by atoms with Gasteiger partial charge in [0.2, 0.25) is 0 Å². The van der Waals surface area contributed by atoms with Crippen LogP contribution in [-0.2, 0) is 11.3 Å². The van der Waals surface area contributed by atoms with Crippen LogP contribution < -0.4 is 4.74 Å². The number of nitrogens with zero attached hydrogens (tertiary/aromatic N) is 2. The summed E-state index contributed by atoms with van der Waals surface area (Å²) >= 11 is 0. The van der Waals surface area contributed by atoms with Gasteiger partial charge >= 0.3 is 12.0 Å². The van der Waals surface area contributed by atoms with Crippen LogP contribution in [0.25, 0.3) is 0 Å². The SMILES string of the molecule is COc1ccccc1CN(C)C(=O)N1CC(CC(=O)O)C1. The maximum Gasteiger partial charge on any atom is 0.320 e. The molecule has 0 atom stereocenters. The lowest BCUT2D eigenvalue weighted by molar-refractivity contribution is -0.139. The molecule has 0 spiro atoms. The van der Waals surface area contributed by atoms with E-state index in [1.807, 2.05) is 24.3 Å². The summed E-state index contributed by atoms with van der Waals surface area (Å²) < 4.78 is 5.27. The summed E-state index contributed by atoms with van der Waals surface area (Å²) in [4.78, 5) is 26.1. The monoisotopic (exact) mass is 292 g/mol. The Morgan fingerprint density at radius 1 is 1.38 bits per heavy atom. The number of likely N-dealkylation sites (tertiary alicyclic amines) is 1. The van der Waals surface area contributed by atoms with E-state index in [-0.39, 0.29) is 18.4 Å². The summed E-state index contributed by atoms with van der Waals surface area (Å²) in [5, 5.41) is 8.71. The Labute approximate surface area is 123 Å². The molecule has 6 heteroatoms. The minimum Gasteiger partial charge on any atom is -0.496 e. The molecule has 1 aliphatic rings. The fourth-order valence-electron chi connectivity index (χ4n) is 2.50. The van der Waals surface area contributed by atoms with Gasteiger partial charge in [0, 0.05) is 31.6 Å². The van der Waals surface area contributed by atoms with E-state index in [2.05, 4.69) is 0 Å². The van der Waals surface area contributed by atoms with Gasteiger partial charge in [-0.25, -0.2) is 4.79 Å². The van der Waals surface area contributed by atoms with Gasteiger partial charge in [0.25, 0.3) is 0 Å². The summed E-state index contributed by atoms with van der Waals surface area (Å²) in [6, 6.07) is 7.49. The average Bonchev–Trinajstić information content (AvgIpc) is 2.42. The number of methoxy groups -OCH3 is 1. The van der Waals surface area contributed by atoms with Crippen molar-refractivity contribution < 1.29 is 19.4 Å². The van der Waals surface area contributed by atoms with Gasteiger partial charge in [0.15, 0.2) is 0 Å². The van der Waals surface area contributed by atoms with Crippen LogP contribution >= 0.6 is 0 Å². The fourth-order valence-corrected chi connectivity index (χ4v) is 2.50. The molecule has 114 valence electrons. The summed E-state index contributed by atoms with van der Waals surface area (Å²) in [5.41, 5.74) is 0.943. The lowest BCUT2D eigenvalue weighted by atomic mass is 9.97. The summed E-state index contributed by atoms with van der Waals surface area (Å²) in [6.45, 7) is 1.49. The standard InChI is InChI=1S/C15H20N2O4/c1-16(10-12-5-3-4-6-13(12)21-2)15(20)17-8-11(9-17)7-14(18)19/h3-6,11H,7-10H2,1-2H3,(H,18,19). The van der Waals surface area contributed by atoms with Crippen molar-refractivity contribution in [3.05, 3.63) is 29.8 Å². The Balaban J connectivity index is 1.88. The molecule has 0 bridgehead atoms. The highest BCUT2D eigenvalue weighted by atomic mass is 16.5. The lowest BCUT2D eigenvalue weighted by Crippen LogP contribution is -2.54. The molecule has 1 aromatic rings. The molecule has 2 rings (SSSR count). The molecule has 0 unspecified atom stereocenters. The van der Waals surface area contributed by atoms with Crippen molar-refractivity contribution in [1.29, 1.82) is 0 Å². The molecule has 1 N–H and O–H groups in total. The smallest absolute Gasteiger partial charge is 0.320 e. The van der Waals surface area contributed by atoms with Gasteiger partial charge in [0.05, 0.1) is 20.1 Å². The van der Waals surface area contributed by atoms with Gasteiger partial charge in [-0.3, -0.25) is 4.79 Å². The van der Waals surface area contributed by atoms with E-state index in [0.29, 0.717) is 19.6 Å². The Morgan fingerprint density at radius 2 is 2.05 bits per heavy atom. The van der Waals surface area contributed by atoms with E-state index in [1.165, 1.54) is 0 Å². The number of hydrogen-bond donors (Lipinski definition) is 1. The van der Waals surface area contributed by atoms with Crippen molar-refractivity contribution in [1.82, 2.24) is 9.80 Å². The first kappa shape index (κ1) is 15.2. The predicted molar refractivity (Wildman–Crippen MR) is 77.2 cm³/mol. The zero-order chi connectivity index (χ0) is 15.4. The first-order chi connectivity index (χ1) is 10.0. The summed E-state index contributed by atoms with van der Waals surface area (Å²) in [5.74, 6) is 0.0186. The lowest BCUT2D eigenvalue weighted by Gasteiger charge is -2.40. The number of carboxylic acid groups (broad SMARTS) is 1. The largest absolute Gasteiger partial charge is 0.496 e. The van der Waals surface area contributed by atoms with Crippen LogP contribution in [0.4, 0.5) is 4.79 Å².